The van der Waals surface area contributed by atoms with Gasteiger partial charge in [-0.25, -0.2) is 17.6 Å². The van der Waals surface area contributed by atoms with Gasteiger partial charge in [0.1, 0.15) is 10.7 Å². The van der Waals surface area contributed by atoms with Crippen molar-refractivity contribution in [2.45, 2.75) is 11.8 Å². The predicted octanol–water partition coefficient (Wildman–Crippen LogP) is 5.66. The van der Waals surface area contributed by atoms with E-state index in [4.69, 9.17) is 0 Å². The molecule has 5 nitrogen and oxygen atoms in total. The van der Waals surface area contributed by atoms with Crippen LogP contribution in [0.2, 0.25) is 0 Å². The minimum Gasteiger partial charge on any atom is -0.372 e. The molecular formula is C22H10BrF6NO4S. The van der Waals surface area contributed by atoms with Gasteiger partial charge in [0.25, 0.3) is 5.56 Å². The van der Waals surface area contributed by atoms with E-state index in [1.807, 2.05) is 0 Å². The highest BCUT2D eigenvalue weighted by atomic mass is 79.9. The van der Waals surface area contributed by atoms with Crippen LogP contribution in [-0.4, -0.2) is 13.0 Å². The summed E-state index contributed by atoms with van der Waals surface area (Å²) in [4.78, 5) is 11.9. The van der Waals surface area contributed by atoms with Crippen molar-refractivity contribution in [2.24, 2.45) is 0 Å². The number of nitrogens with zero attached hydrogens (tertiary/aromatic N) is 1. The first-order valence-electron chi connectivity index (χ1n) is 9.41. The second-order valence-corrected chi connectivity index (χ2v) is 9.62. The fourth-order valence-electron chi connectivity index (χ4n) is 3.32. The van der Waals surface area contributed by atoms with Gasteiger partial charge >= 0.3 is 10.1 Å². The van der Waals surface area contributed by atoms with E-state index in [1.54, 1.807) is 6.92 Å². The maximum absolute atomic E-state index is 14.2. The van der Waals surface area contributed by atoms with Crippen LogP contribution < -0.4 is 9.74 Å². The second kappa shape index (κ2) is 8.72. The summed E-state index contributed by atoms with van der Waals surface area (Å²) in [5, 5.41) is 0.106. The van der Waals surface area contributed by atoms with E-state index in [9.17, 15) is 39.6 Å². The summed E-state index contributed by atoms with van der Waals surface area (Å²) in [5.41, 5.74) is 0.224. The van der Waals surface area contributed by atoms with Crippen LogP contribution in [0.3, 0.4) is 0 Å². The smallest absolute Gasteiger partial charge is 0.339 e. The summed E-state index contributed by atoms with van der Waals surface area (Å²) >= 11 is 3.04. The van der Waals surface area contributed by atoms with E-state index in [0.717, 1.165) is 34.9 Å². The Hall–Kier alpha value is -3.32. The van der Waals surface area contributed by atoms with E-state index in [2.05, 4.69) is 20.1 Å². The molecule has 0 saturated carbocycles. The zero-order valence-corrected chi connectivity index (χ0v) is 19.6. The molecule has 0 spiro atoms. The van der Waals surface area contributed by atoms with E-state index < -0.39 is 61.2 Å². The molecule has 4 rings (SSSR count). The quantitative estimate of drug-likeness (QED) is 0.136. The molecule has 1 heterocycles. The molecule has 0 atom stereocenters. The van der Waals surface area contributed by atoms with Crippen molar-refractivity contribution >= 4 is 37.0 Å². The zero-order valence-electron chi connectivity index (χ0n) is 17.2. The summed E-state index contributed by atoms with van der Waals surface area (Å²) in [6.07, 6.45) is 0. The molecule has 35 heavy (non-hydrogen) atoms. The highest BCUT2D eigenvalue weighted by molar-refractivity contribution is 9.10. The maximum Gasteiger partial charge on any atom is 0.339 e. The van der Waals surface area contributed by atoms with E-state index in [-0.39, 0.29) is 21.1 Å². The minimum absolute atomic E-state index is 0.106. The molecule has 0 bridgehead atoms. The molecule has 13 heteroatoms. The summed E-state index contributed by atoms with van der Waals surface area (Å²) < 4.78 is 113. The molecule has 0 saturated heterocycles. The molecule has 0 amide bonds. The molecule has 0 aliphatic carbocycles. The number of aromatic nitrogens is 1. The monoisotopic (exact) mass is 577 g/mol. The van der Waals surface area contributed by atoms with E-state index in [1.165, 1.54) is 12.1 Å². The van der Waals surface area contributed by atoms with Crippen molar-refractivity contribution in [2.75, 3.05) is 0 Å². The minimum atomic E-state index is -5.09. The summed E-state index contributed by atoms with van der Waals surface area (Å²) in [7, 11) is -5.09. The molecule has 0 N–H and O–H groups in total. The summed E-state index contributed by atoms with van der Waals surface area (Å²) in [6.45, 7) is 1.61. The lowest BCUT2D eigenvalue weighted by Crippen LogP contribution is -2.19. The second-order valence-electron chi connectivity index (χ2n) is 7.22. The van der Waals surface area contributed by atoms with Crippen molar-refractivity contribution < 1.29 is 38.9 Å². The predicted molar refractivity (Wildman–Crippen MR) is 116 cm³/mol. The first kappa shape index (κ1) is 24.8. The Bertz CT molecular complexity index is 1680. The lowest BCUT2D eigenvalue weighted by molar-refractivity contribution is 0.346. The first-order chi connectivity index (χ1) is 16.3. The van der Waals surface area contributed by atoms with Crippen LogP contribution in [0, 0.1) is 41.8 Å². The molecule has 0 unspecified atom stereocenters. The topological polar surface area (TPSA) is 65.4 Å². The number of hydrogen-bond acceptors (Lipinski definition) is 4. The Labute approximate surface area is 201 Å². The van der Waals surface area contributed by atoms with Crippen molar-refractivity contribution in [1.29, 1.82) is 0 Å². The number of pyridine rings is 1. The Morgan fingerprint density at radius 1 is 0.829 bits per heavy atom. The number of fused-ring (bicyclic) bond motifs is 1. The normalized spacial score (nSPS) is 11.8. The van der Waals surface area contributed by atoms with Gasteiger partial charge < -0.3 is 4.18 Å². The van der Waals surface area contributed by atoms with Crippen molar-refractivity contribution in [3.05, 3.63) is 97.8 Å². The van der Waals surface area contributed by atoms with E-state index in [0.29, 0.717) is 5.56 Å². The molecule has 0 fully saturated rings. The van der Waals surface area contributed by atoms with Crippen LogP contribution in [0.15, 0.2) is 56.6 Å². The van der Waals surface area contributed by atoms with Crippen LogP contribution in [0.25, 0.3) is 16.6 Å². The highest BCUT2D eigenvalue weighted by Crippen LogP contribution is 2.32. The Balaban J connectivity index is 1.86. The molecule has 0 aliphatic heterocycles. The summed E-state index contributed by atoms with van der Waals surface area (Å²) in [6, 6.07) is 7.83. The van der Waals surface area contributed by atoms with Crippen LogP contribution in [0.1, 0.15) is 5.56 Å². The number of benzene rings is 3. The fourth-order valence-corrected chi connectivity index (χ4v) is 4.75. The molecule has 182 valence electrons. The van der Waals surface area contributed by atoms with Crippen LogP contribution >= 0.6 is 15.9 Å². The third-order valence-electron chi connectivity index (χ3n) is 5.00. The van der Waals surface area contributed by atoms with Gasteiger partial charge in [-0.05, 0) is 64.8 Å². The third-order valence-corrected chi connectivity index (χ3v) is 6.82. The molecule has 1 aromatic heterocycles. The zero-order chi connectivity index (χ0) is 25.8. The van der Waals surface area contributed by atoms with Gasteiger partial charge in [0.05, 0.1) is 15.7 Å². The standard InChI is InChI=1S/C22H10BrF6NO4S/c1-9-6-12(23)13(24)8-15(9)30-14-4-3-11(7-10(14)2-5-16(30)31)35(32,33)34-22-20(28)18(26)17(25)19(27)21(22)29/h2-8H,1H3. The lowest BCUT2D eigenvalue weighted by Gasteiger charge is -2.15. The number of halogens is 7. The molecule has 0 radical (unpaired) electrons. The van der Waals surface area contributed by atoms with Crippen LogP contribution in [-0.2, 0) is 10.1 Å². The molecule has 3 aromatic carbocycles. The highest BCUT2D eigenvalue weighted by Gasteiger charge is 2.31. The van der Waals surface area contributed by atoms with Gasteiger partial charge in [-0.3, -0.25) is 9.36 Å². The number of hydrogen-bond donors (Lipinski definition) is 0. The first-order valence-corrected chi connectivity index (χ1v) is 11.6. The van der Waals surface area contributed by atoms with Gasteiger partial charge in [-0.15, -0.1) is 0 Å². The van der Waals surface area contributed by atoms with Gasteiger partial charge in [-0.2, -0.15) is 17.2 Å². The third kappa shape index (κ3) is 4.18. The number of rotatable bonds is 4. The maximum atomic E-state index is 14.2. The average molecular weight is 578 g/mol. The Morgan fingerprint density at radius 2 is 1.43 bits per heavy atom. The average Bonchev–Trinajstić information content (AvgIpc) is 2.81. The van der Waals surface area contributed by atoms with Gasteiger partial charge in [0, 0.05) is 11.5 Å². The molecular weight excluding hydrogens is 568 g/mol. The largest absolute Gasteiger partial charge is 0.372 e. The Morgan fingerprint density at radius 3 is 2.06 bits per heavy atom. The van der Waals surface area contributed by atoms with Crippen molar-refractivity contribution in [3.8, 4) is 11.4 Å². The van der Waals surface area contributed by atoms with Crippen molar-refractivity contribution in [1.82, 2.24) is 4.57 Å². The lowest BCUT2D eigenvalue weighted by atomic mass is 10.1. The van der Waals surface area contributed by atoms with E-state index >= 15 is 0 Å². The van der Waals surface area contributed by atoms with Crippen LogP contribution in [0.5, 0.6) is 5.75 Å². The Kier molecular flexibility index (Phi) is 6.18. The van der Waals surface area contributed by atoms with Gasteiger partial charge in [0.15, 0.2) is 0 Å². The number of aryl methyl sites for hydroxylation is 1. The van der Waals surface area contributed by atoms with Crippen LogP contribution in [0.4, 0.5) is 26.3 Å². The van der Waals surface area contributed by atoms with Gasteiger partial charge in [-0.1, -0.05) is 0 Å². The molecule has 0 aliphatic rings. The van der Waals surface area contributed by atoms with Crippen molar-refractivity contribution in [3.63, 3.8) is 0 Å². The summed E-state index contributed by atoms with van der Waals surface area (Å²) in [5.74, 6) is -14.8. The van der Waals surface area contributed by atoms with Gasteiger partial charge in [0.2, 0.25) is 34.8 Å². The molecule has 4 aromatic rings. The fraction of sp³-hybridized carbons (Fsp3) is 0.0455. The SMILES string of the molecule is Cc1cc(Br)c(F)cc1-n1c(=O)ccc2cc(S(=O)(=O)Oc3c(F)c(F)c(F)c(F)c3F)ccc21.